The number of hydrogen-bond donors (Lipinski definition) is 5. The molecular formula is C25H31N5O6S. The summed E-state index contributed by atoms with van der Waals surface area (Å²) in [6, 6.07) is 14.3. The molecule has 1 fully saturated rings. The third-order valence-corrected chi connectivity index (χ3v) is 6.95. The number of methoxy groups -OCH3 is 1. The number of ether oxygens (including phenoxy) is 1. The van der Waals surface area contributed by atoms with Gasteiger partial charge in [-0.25, -0.2) is 14.6 Å². The maximum Gasteiger partial charge on any atom is 0.413 e. The third-order valence-electron chi connectivity index (χ3n) is 6.04. The number of aliphatic hydroxyl groups is 1. The average molecular weight is 530 g/mol. The Kier molecular flexibility index (Phi) is 9.23. The maximum atomic E-state index is 11.5. The summed E-state index contributed by atoms with van der Waals surface area (Å²) in [7, 11) is 1.27. The van der Waals surface area contributed by atoms with Crippen LogP contribution < -0.4 is 10.6 Å². The van der Waals surface area contributed by atoms with Gasteiger partial charge in [-0.2, -0.15) is 0 Å². The Morgan fingerprint density at radius 3 is 2.68 bits per heavy atom. The molecule has 5 N–H and O–H groups in total. The van der Waals surface area contributed by atoms with Gasteiger partial charge in [0.05, 0.1) is 42.9 Å². The van der Waals surface area contributed by atoms with Crippen molar-refractivity contribution in [2.45, 2.75) is 55.2 Å². The molecule has 3 aromatic rings. The van der Waals surface area contributed by atoms with Crippen molar-refractivity contribution in [1.29, 1.82) is 0 Å². The van der Waals surface area contributed by atoms with Crippen LogP contribution in [0.3, 0.4) is 0 Å². The molecule has 1 heterocycles. The van der Waals surface area contributed by atoms with E-state index in [0.717, 1.165) is 36.1 Å². The first kappa shape index (κ1) is 26.7. The van der Waals surface area contributed by atoms with Crippen molar-refractivity contribution in [3.8, 4) is 0 Å². The van der Waals surface area contributed by atoms with Crippen molar-refractivity contribution in [3.63, 3.8) is 0 Å². The van der Waals surface area contributed by atoms with Gasteiger partial charge in [0.1, 0.15) is 0 Å². The van der Waals surface area contributed by atoms with Gasteiger partial charge in [-0.15, -0.1) is 4.47 Å². The quantitative estimate of drug-likeness (QED) is 0.182. The second-order valence-corrected chi connectivity index (χ2v) is 9.87. The predicted octanol–water partition coefficient (Wildman–Crippen LogP) is 4.16. The van der Waals surface area contributed by atoms with Crippen LogP contribution in [0, 0.1) is 0 Å². The summed E-state index contributed by atoms with van der Waals surface area (Å²) < 4.78 is 6.24. The van der Waals surface area contributed by atoms with Gasteiger partial charge >= 0.3 is 12.2 Å². The number of aliphatic hydroxyl groups excluding tert-OH is 1. The molecule has 2 unspecified atom stereocenters. The second-order valence-electron chi connectivity index (χ2n) is 8.81. The molecular weight excluding hydrogens is 498 g/mol. The number of amides is 2. The number of carbonyl (C=O) groups excluding carboxylic acids is 1. The van der Waals surface area contributed by atoms with Crippen LogP contribution >= 0.6 is 11.9 Å². The number of carboxylic acid groups (broad SMARTS) is 1. The van der Waals surface area contributed by atoms with Gasteiger partial charge in [0.2, 0.25) is 5.95 Å². The zero-order chi connectivity index (χ0) is 26.2. The maximum absolute atomic E-state index is 11.5. The van der Waals surface area contributed by atoms with Crippen LogP contribution in [0.4, 0.5) is 15.5 Å². The molecule has 1 saturated carbocycles. The molecule has 4 rings (SSSR count). The number of imidazole rings is 1. The number of aromatic nitrogens is 2. The first-order valence-corrected chi connectivity index (χ1v) is 12.9. The van der Waals surface area contributed by atoms with E-state index in [-0.39, 0.29) is 18.6 Å². The largest absolute Gasteiger partial charge is 0.465 e. The fourth-order valence-electron chi connectivity index (χ4n) is 4.22. The molecule has 0 bridgehead atoms. The summed E-state index contributed by atoms with van der Waals surface area (Å²) in [5.41, 5.74) is 2.28. The van der Waals surface area contributed by atoms with E-state index >= 15 is 0 Å². The summed E-state index contributed by atoms with van der Waals surface area (Å²) in [5, 5.41) is 25.4. The van der Waals surface area contributed by atoms with Gasteiger partial charge in [-0.3, -0.25) is 10.2 Å². The number of aromatic amines is 1. The second kappa shape index (κ2) is 12.8. The van der Waals surface area contributed by atoms with Crippen LogP contribution in [0.5, 0.6) is 0 Å². The first-order valence-electron chi connectivity index (χ1n) is 12.1. The molecule has 2 aromatic carbocycles. The molecule has 12 heteroatoms. The number of anilines is 1. The third kappa shape index (κ3) is 7.83. The van der Waals surface area contributed by atoms with Gasteiger partial charge in [-0.1, -0.05) is 43.2 Å². The highest BCUT2D eigenvalue weighted by Crippen LogP contribution is 2.31. The van der Waals surface area contributed by atoms with E-state index in [9.17, 15) is 19.8 Å². The van der Waals surface area contributed by atoms with Crippen LogP contribution in [-0.2, 0) is 16.0 Å². The summed E-state index contributed by atoms with van der Waals surface area (Å²) in [6.45, 7) is 0.0785. The molecule has 1 aliphatic carbocycles. The first-order chi connectivity index (χ1) is 17.9. The minimum absolute atomic E-state index is 0.0338. The summed E-state index contributed by atoms with van der Waals surface area (Å²) in [6.07, 6.45) is 1.54. The van der Waals surface area contributed by atoms with Crippen molar-refractivity contribution in [3.05, 3.63) is 54.1 Å². The van der Waals surface area contributed by atoms with E-state index in [1.54, 1.807) is 4.47 Å². The van der Waals surface area contributed by atoms with Crippen LogP contribution in [0.25, 0.3) is 11.0 Å². The number of hydroxylamine groups is 1. The normalized spacial score (nSPS) is 15.5. The van der Waals surface area contributed by atoms with E-state index in [4.69, 9.17) is 4.84 Å². The van der Waals surface area contributed by atoms with E-state index in [1.165, 1.54) is 19.1 Å². The number of nitrogens with zero attached hydrogens (tertiary/aromatic N) is 2. The predicted molar refractivity (Wildman–Crippen MR) is 139 cm³/mol. The fraction of sp³-hybridized carbons (Fsp3) is 0.400. The van der Waals surface area contributed by atoms with Crippen LogP contribution in [-0.4, -0.2) is 68.7 Å². The Hall–Kier alpha value is -3.32. The van der Waals surface area contributed by atoms with Crippen molar-refractivity contribution < 1.29 is 29.4 Å². The lowest BCUT2D eigenvalue weighted by Crippen LogP contribution is -2.48. The number of fused-ring (bicyclic) bond motifs is 1. The van der Waals surface area contributed by atoms with Crippen molar-refractivity contribution in [2.75, 3.05) is 19.0 Å². The topological polar surface area (TPSA) is 149 Å². The Morgan fingerprint density at radius 2 is 1.97 bits per heavy atom. The Balaban J connectivity index is 1.49. The zero-order valence-electron chi connectivity index (χ0n) is 20.4. The highest BCUT2D eigenvalue weighted by molar-refractivity contribution is 7.97. The molecule has 198 valence electrons. The van der Waals surface area contributed by atoms with E-state index in [2.05, 4.69) is 25.3 Å². The SMILES string of the molecule is COC(=O)Nc1nc2ccc(SN(CC(O)C(Cc3ccccc3)NC(=O)O)OC3CCCC3)cc2[nH]1. The number of benzene rings is 2. The Labute approximate surface area is 218 Å². The van der Waals surface area contributed by atoms with Gasteiger partial charge in [0, 0.05) is 4.90 Å². The Morgan fingerprint density at radius 1 is 1.22 bits per heavy atom. The van der Waals surface area contributed by atoms with Crippen molar-refractivity contribution >= 4 is 41.1 Å². The number of H-pyrrole nitrogens is 1. The highest BCUT2D eigenvalue weighted by Gasteiger charge is 2.28. The van der Waals surface area contributed by atoms with Crippen molar-refractivity contribution in [1.82, 2.24) is 19.8 Å². The highest BCUT2D eigenvalue weighted by atomic mass is 32.2. The monoisotopic (exact) mass is 529 g/mol. The lowest BCUT2D eigenvalue weighted by Gasteiger charge is -2.30. The van der Waals surface area contributed by atoms with Gasteiger partial charge in [0.15, 0.2) is 0 Å². The lowest BCUT2D eigenvalue weighted by atomic mass is 10.0. The van der Waals surface area contributed by atoms with E-state index in [0.29, 0.717) is 17.5 Å². The average Bonchev–Trinajstić information content (AvgIpc) is 3.53. The molecule has 37 heavy (non-hydrogen) atoms. The summed E-state index contributed by atoms with van der Waals surface area (Å²) in [4.78, 5) is 37.4. The zero-order valence-corrected chi connectivity index (χ0v) is 21.2. The summed E-state index contributed by atoms with van der Waals surface area (Å²) in [5.74, 6) is 0.266. The summed E-state index contributed by atoms with van der Waals surface area (Å²) >= 11 is 1.31. The van der Waals surface area contributed by atoms with Crippen LogP contribution in [0.1, 0.15) is 31.2 Å². The molecule has 0 saturated heterocycles. The van der Waals surface area contributed by atoms with Crippen LogP contribution in [0.2, 0.25) is 0 Å². The van der Waals surface area contributed by atoms with Gasteiger partial charge in [-0.05, 0) is 55.0 Å². The van der Waals surface area contributed by atoms with Crippen LogP contribution in [0.15, 0.2) is 53.4 Å². The minimum atomic E-state index is -1.20. The molecule has 2 atom stereocenters. The minimum Gasteiger partial charge on any atom is -0.465 e. The van der Waals surface area contributed by atoms with Crippen molar-refractivity contribution in [2.24, 2.45) is 0 Å². The number of nitrogens with one attached hydrogen (secondary N) is 3. The van der Waals surface area contributed by atoms with Gasteiger partial charge in [0.25, 0.3) is 0 Å². The smallest absolute Gasteiger partial charge is 0.413 e. The molecule has 11 nitrogen and oxygen atoms in total. The molecule has 1 aliphatic rings. The van der Waals surface area contributed by atoms with Gasteiger partial charge < -0.3 is 25.3 Å². The van der Waals surface area contributed by atoms with E-state index in [1.807, 2.05) is 48.5 Å². The molecule has 2 amide bonds. The number of rotatable bonds is 11. The molecule has 1 aromatic heterocycles. The fourth-order valence-corrected chi connectivity index (χ4v) is 5.15. The standard InChI is InChI=1S/C25H31N5O6S/c1-35-25(34)29-23-26-19-12-11-18(14-20(19)27-23)37-30(36-17-9-5-6-10-17)15-22(31)21(28-24(32)33)13-16-7-3-2-4-8-16/h2-4,7-8,11-12,14,17,21-22,28,31H,5-6,9-10,13,15H2,1H3,(H,32,33)(H2,26,27,29,34). The number of hydrogen-bond acceptors (Lipinski definition) is 8. The van der Waals surface area contributed by atoms with E-state index < -0.39 is 24.3 Å². The lowest BCUT2D eigenvalue weighted by molar-refractivity contribution is -0.137. The number of carbonyl (C=O) groups is 2. The Bertz CT molecular complexity index is 1190. The molecule has 0 aliphatic heterocycles. The molecule has 0 radical (unpaired) electrons. The molecule has 0 spiro atoms.